The zero-order valence-electron chi connectivity index (χ0n) is 16.8. The van der Waals surface area contributed by atoms with Crippen molar-refractivity contribution in [3.8, 4) is 23.0 Å². The first-order chi connectivity index (χ1) is 14.5. The molecule has 30 heavy (non-hydrogen) atoms. The molecular weight excluding hydrogens is 426 g/mol. The van der Waals surface area contributed by atoms with Crippen LogP contribution in [0.2, 0.25) is 5.02 Å². The number of halogens is 1. The Morgan fingerprint density at radius 2 is 1.87 bits per heavy atom. The number of hydrazone groups is 1. The maximum Gasteiger partial charge on any atom is 0.184 e. The van der Waals surface area contributed by atoms with Crippen LogP contribution >= 0.6 is 23.8 Å². The van der Waals surface area contributed by atoms with E-state index in [1.807, 2.05) is 24.3 Å². The Bertz CT molecular complexity index is 921. The molecular formula is C21H24ClN3O4S. The van der Waals surface area contributed by atoms with Gasteiger partial charge in [-0.2, -0.15) is 5.10 Å². The van der Waals surface area contributed by atoms with E-state index in [1.165, 1.54) is 13.3 Å². The van der Waals surface area contributed by atoms with E-state index >= 15 is 0 Å². The smallest absolute Gasteiger partial charge is 0.184 e. The second-order valence-electron chi connectivity index (χ2n) is 5.94. The van der Waals surface area contributed by atoms with Crippen molar-refractivity contribution in [3.63, 3.8) is 0 Å². The number of hydrogen-bond acceptors (Lipinski definition) is 6. The van der Waals surface area contributed by atoms with Crippen LogP contribution in [0.25, 0.3) is 0 Å². The SMILES string of the molecule is C=CCc1ccc(OCCOc2c(Cl)cc(/C=N/NC(N)=S)cc2OC)c(OC)c1. The molecule has 0 heterocycles. The molecule has 9 heteroatoms. The molecule has 0 saturated heterocycles. The molecule has 7 nitrogen and oxygen atoms in total. The van der Waals surface area contributed by atoms with Crippen molar-refractivity contribution in [2.24, 2.45) is 10.8 Å². The van der Waals surface area contributed by atoms with Crippen molar-refractivity contribution >= 4 is 35.1 Å². The van der Waals surface area contributed by atoms with Crippen LogP contribution < -0.4 is 30.1 Å². The molecule has 0 saturated carbocycles. The van der Waals surface area contributed by atoms with Gasteiger partial charge < -0.3 is 24.7 Å². The topological polar surface area (TPSA) is 87.3 Å². The first-order valence-electron chi connectivity index (χ1n) is 8.98. The third-order valence-corrected chi connectivity index (χ3v) is 4.21. The van der Waals surface area contributed by atoms with Gasteiger partial charge in [0.15, 0.2) is 28.1 Å². The zero-order valence-corrected chi connectivity index (χ0v) is 18.4. The molecule has 0 fully saturated rings. The fourth-order valence-electron chi connectivity index (χ4n) is 2.55. The van der Waals surface area contributed by atoms with Gasteiger partial charge in [0.25, 0.3) is 0 Å². The fourth-order valence-corrected chi connectivity index (χ4v) is 2.87. The number of nitrogens with zero attached hydrogens (tertiary/aromatic N) is 1. The third-order valence-electron chi connectivity index (χ3n) is 3.84. The quantitative estimate of drug-likeness (QED) is 0.178. The molecule has 0 unspecified atom stereocenters. The minimum atomic E-state index is 0.0660. The molecule has 3 N–H and O–H groups in total. The van der Waals surface area contributed by atoms with Crippen molar-refractivity contribution in [2.45, 2.75) is 6.42 Å². The second-order valence-corrected chi connectivity index (χ2v) is 6.79. The highest BCUT2D eigenvalue weighted by Gasteiger charge is 2.12. The van der Waals surface area contributed by atoms with E-state index in [9.17, 15) is 0 Å². The Kier molecular flexibility index (Phi) is 9.24. The Balaban J connectivity index is 1.99. The average Bonchev–Trinajstić information content (AvgIpc) is 2.72. The van der Waals surface area contributed by atoms with Gasteiger partial charge in [-0.1, -0.05) is 23.7 Å². The Morgan fingerprint density at radius 1 is 1.13 bits per heavy atom. The number of benzene rings is 2. The summed E-state index contributed by atoms with van der Waals surface area (Å²) in [7, 11) is 3.13. The molecule has 0 aliphatic carbocycles. The number of nitrogens with two attached hydrogens (primary N) is 1. The summed E-state index contributed by atoms with van der Waals surface area (Å²) in [4.78, 5) is 0. The van der Waals surface area contributed by atoms with Gasteiger partial charge in [0.05, 0.1) is 25.5 Å². The van der Waals surface area contributed by atoms with Crippen molar-refractivity contribution in [2.75, 3.05) is 27.4 Å². The number of hydrogen-bond donors (Lipinski definition) is 2. The van der Waals surface area contributed by atoms with Crippen molar-refractivity contribution in [1.82, 2.24) is 5.43 Å². The highest BCUT2D eigenvalue weighted by Crippen LogP contribution is 2.36. The number of nitrogens with one attached hydrogen (secondary N) is 1. The molecule has 0 amide bonds. The summed E-state index contributed by atoms with van der Waals surface area (Å²) in [6.45, 7) is 4.28. The van der Waals surface area contributed by atoms with Crippen LogP contribution in [0, 0.1) is 0 Å². The standard InChI is InChI=1S/C21H24ClN3O4S/c1-4-5-14-6-7-17(18(11-14)26-2)28-8-9-29-20-16(22)10-15(12-19(20)27-3)13-24-25-21(23)30/h4,6-7,10-13H,1,5,8-9H2,2-3H3,(H3,23,25,30)/b24-13+. The molecule has 0 aliphatic heterocycles. The number of thiocarbonyl (C=S) groups is 1. The predicted molar refractivity (Wildman–Crippen MR) is 123 cm³/mol. The Morgan fingerprint density at radius 3 is 2.53 bits per heavy atom. The molecule has 0 spiro atoms. The van der Waals surface area contributed by atoms with E-state index in [4.69, 9.17) is 48.5 Å². The van der Waals surface area contributed by atoms with Crippen molar-refractivity contribution in [1.29, 1.82) is 0 Å². The van der Waals surface area contributed by atoms with Gasteiger partial charge >= 0.3 is 0 Å². The molecule has 0 aromatic heterocycles. The summed E-state index contributed by atoms with van der Waals surface area (Å²) in [6.07, 6.45) is 4.11. The lowest BCUT2D eigenvalue weighted by Crippen LogP contribution is -2.23. The summed E-state index contributed by atoms with van der Waals surface area (Å²) in [5.41, 5.74) is 9.58. The summed E-state index contributed by atoms with van der Waals surface area (Å²) in [6, 6.07) is 9.16. The molecule has 160 valence electrons. The minimum Gasteiger partial charge on any atom is -0.493 e. The summed E-state index contributed by atoms with van der Waals surface area (Å²) in [5.74, 6) is 2.16. The van der Waals surface area contributed by atoms with E-state index in [-0.39, 0.29) is 18.3 Å². The Hall–Kier alpha value is -2.97. The lowest BCUT2D eigenvalue weighted by molar-refractivity contribution is 0.206. The average molecular weight is 450 g/mol. The number of ether oxygens (including phenoxy) is 4. The first-order valence-corrected chi connectivity index (χ1v) is 9.76. The molecule has 0 bridgehead atoms. The molecule has 2 rings (SSSR count). The predicted octanol–water partition coefficient (Wildman–Crippen LogP) is 3.71. The number of allylic oxidation sites excluding steroid dienone is 1. The lowest BCUT2D eigenvalue weighted by Gasteiger charge is -2.15. The summed E-state index contributed by atoms with van der Waals surface area (Å²) >= 11 is 11.0. The lowest BCUT2D eigenvalue weighted by atomic mass is 10.1. The van der Waals surface area contributed by atoms with Crippen LogP contribution in [0.15, 0.2) is 48.1 Å². The molecule has 0 aliphatic rings. The van der Waals surface area contributed by atoms with Crippen LogP contribution in [-0.4, -0.2) is 38.8 Å². The monoisotopic (exact) mass is 449 g/mol. The van der Waals surface area contributed by atoms with Crippen LogP contribution in [0.4, 0.5) is 0 Å². The van der Waals surface area contributed by atoms with Crippen molar-refractivity contribution < 1.29 is 18.9 Å². The van der Waals surface area contributed by atoms with Crippen LogP contribution in [0.5, 0.6) is 23.0 Å². The fraction of sp³-hybridized carbons (Fsp3) is 0.238. The normalized spacial score (nSPS) is 10.5. The minimum absolute atomic E-state index is 0.0660. The van der Waals surface area contributed by atoms with E-state index in [0.717, 1.165) is 12.0 Å². The highest BCUT2D eigenvalue weighted by molar-refractivity contribution is 7.80. The zero-order chi connectivity index (χ0) is 21.9. The maximum absolute atomic E-state index is 6.34. The third kappa shape index (κ3) is 6.82. The van der Waals surface area contributed by atoms with E-state index in [2.05, 4.69) is 17.1 Å². The van der Waals surface area contributed by atoms with E-state index in [0.29, 0.717) is 33.6 Å². The van der Waals surface area contributed by atoms with E-state index < -0.39 is 0 Å². The maximum atomic E-state index is 6.34. The van der Waals surface area contributed by atoms with Gasteiger partial charge in [-0.15, -0.1) is 6.58 Å². The van der Waals surface area contributed by atoms with Gasteiger partial charge in [-0.05, 0) is 54.0 Å². The highest BCUT2D eigenvalue weighted by atomic mass is 35.5. The van der Waals surface area contributed by atoms with Gasteiger partial charge in [-0.25, -0.2) is 0 Å². The van der Waals surface area contributed by atoms with Gasteiger partial charge in [0.1, 0.15) is 13.2 Å². The van der Waals surface area contributed by atoms with Gasteiger partial charge in [0.2, 0.25) is 0 Å². The molecule has 0 radical (unpaired) electrons. The summed E-state index contributed by atoms with van der Waals surface area (Å²) in [5, 5.41) is 4.34. The number of methoxy groups -OCH3 is 2. The Labute approximate surface area is 186 Å². The number of rotatable bonds is 11. The van der Waals surface area contributed by atoms with Crippen LogP contribution in [-0.2, 0) is 6.42 Å². The first kappa shape index (κ1) is 23.3. The van der Waals surface area contributed by atoms with E-state index in [1.54, 1.807) is 19.2 Å². The molecule has 2 aromatic carbocycles. The summed E-state index contributed by atoms with van der Waals surface area (Å²) < 4.78 is 22.3. The van der Waals surface area contributed by atoms with Crippen molar-refractivity contribution in [3.05, 3.63) is 59.1 Å². The second kappa shape index (κ2) is 11.9. The van der Waals surface area contributed by atoms with Crippen LogP contribution in [0.1, 0.15) is 11.1 Å². The molecule has 0 atom stereocenters. The largest absolute Gasteiger partial charge is 0.493 e. The van der Waals surface area contributed by atoms with Gasteiger partial charge in [0, 0.05) is 0 Å². The van der Waals surface area contributed by atoms with Gasteiger partial charge in [-0.3, -0.25) is 5.43 Å². The van der Waals surface area contributed by atoms with Crippen LogP contribution in [0.3, 0.4) is 0 Å². The molecule has 2 aromatic rings.